The zero-order chi connectivity index (χ0) is 11.0. The number of carbonyl (C=O) groups is 1. The molecule has 0 atom stereocenters. The van der Waals surface area contributed by atoms with Crippen molar-refractivity contribution in [2.45, 2.75) is 0 Å². The fourth-order valence-electron chi connectivity index (χ4n) is 1.47. The molecule has 0 bridgehead atoms. The van der Waals surface area contributed by atoms with Crippen LogP contribution in [0.25, 0.3) is 10.9 Å². The van der Waals surface area contributed by atoms with Gasteiger partial charge in [-0.1, -0.05) is 0 Å². The molecular weight excluding hydrogens is 197 g/mol. The van der Waals surface area contributed by atoms with Gasteiger partial charge in [-0.15, -0.1) is 0 Å². The first-order valence-electron chi connectivity index (χ1n) is 4.14. The SMILES string of the molecule is N#Cc1c(C(N)=O)[nH]c2ccc(F)cc12. The first kappa shape index (κ1) is 9.21. The normalized spacial score (nSPS) is 10.1. The number of fused-ring (bicyclic) bond motifs is 1. The molecule has 15 heavy (non-hydrogen) atoms. The van der Waals surface area contributed by atoms with Crippen LogP contribution in [-0.4, -0.2) is 10.9 Å². The van der Waals surface area contributed by atoms with Crippen molar-refractivity contribution in [3.8, 4) is 6.07 Å². The molecule has 2 aromatic rings. The van der Waals surface area contributed by atoms with E-state index in [1.54, 1.807) is 0 Å². The molecule has 3 N–H and O–H groups in total. The van der Waals surface area contributed by atoms with Gasteiger partial charge in [0.1, 0.15) is 17.6 Å². The van der Waals surface area contributed by atoms with E-state index in [2.05, 4.69) is 4.98 Å². The van der Waals surface area contributed by atoms with E-state index in [-0.39, 0.29) is 11.3 Å². The Balaban J connectivity index is 2.87. The second-order valence-corrected chi connectivity index (χ2v) is 3.04. The Labute approximate surface area is 84.1 Å². The standard InChI is InChI=1S/C10H6FN3O/c11-5-1-2-8-6(3-5)7(4-12)9(14-8)10(13)15/h1-3,14H,(H2,13,15). The minimum absolute atomic E-state index is 0.0121. The van der Waals surface area contributed by atoms with Gasteiger partial charge in [-0.25, -0.2) is 4.39 Å². The number of nitrogens with zero attached hydrogens (tertiary/aromatic N) is 1. The number of benzene rings is 1. The molecule has 0 aliphatic carbocycles. The fourth-order valence-corrected chi connectivity index (χ4v) is 1.47. The molecule has 5 heteroatoms. The fraction of sp³-hybridized carbons (Fsp3) is 0. The van der Waals surface area contributed by atoms with E-state index < -0.39 is 11.7 Å². The highest BCUT2D eigenvalue weighted by atomic mass is 19.1. The number of nitrogens with one attached hydrogen (secondary N) is 1. The first-order chi connectivity index (χ1) is 7.13. The summed E-state index contributed by atoms with van der Waals surface area (Å²) in [5, 5.41) is 9.21. The number of halogens is 1. The highest BCUT2D eigenvalue weighted by Gasteiger charge is 2.15. The second kappa shape index (κ2) is 3.10. The summed E-state index contributed by atoms with van der Waals surface area (Å²) in [6, 6.07) is 5.72. The van der Waals surface area contributed by atoms with Gasteiger partial charge < -0.3 is 10.7 Å². The zero-order valence-electron chi connectivity index (χ0n) is 7.54. The molecular formula is C10H6FN3O. The summed E-state index contributed by atoms with van der Waals surface area (Å²) in [6.45, 7) is 0. The maximum atomic E-state index is 12.9. The number of hydrogen-bond donors (Lipinski definition) is 2. The summed E-state index contributed by atoms with van der Waals surface area (Å²) in [6.07, 6.45) is 0. The molecule has 0 radical (unpaired) electrons. The third-order valence-corrected chi connectivity index (χ3v) is 2.12. The quantitative estimate of drug-likeness (QED) is 0.731. The van der Waals surface area contributed by atoms with Crippen molar-refractivity contribution in [3.63, 3.8) is 0 Å². The van der Waals surface area contributed by atoms with E-state index in [9.17, 15) is 9.18 Å². The third-order valence-electron chi connectivity index (χ3n) is 2.12. The summed E-state index contributed by atoms with van der Waals surface area (Å²) in [5.74, 6) is -1.20. The van der Waals surface area contributed by atoms with Crippen molar-refractivity contribution in [2.24, 2.45) is 5.73 Å². The Morgan fingerprint density at radius 1 is 1.53 bits per heavy atom. The highest BCUT2D eigenvalue weighted by Crippen LogP contribution is 2.22. The number of nitriles is 1. The number of aromatic nitrogens is 1. The van der Waals surface area contributed by atoms with Crippen LogP contribution in [-0.2, 0) is 0 Å². The molecule has 0 saturated heterocycles. The molecule has 74 valence electrons. The second-order valence-electron chi connectivity index (χ2n) is 3.04. The molecule has 0 aliphatic rings. The number of primary amides is 1. The molecule has 1 aromatic heterocycles. The van der Waals surface area contributed by atoms with Crippen molar-refractivity contribution in [1.29, 1.82) is 5.26 Å². The summed E-state index contributed by atoms with van der Waals surface area (Å²) in [4.78, 5) is 13.7. The van der Waals surface area contributed by atoms with E-state index >= 15 is 0 Å². The van der Waals surface area contributed by atoms with Crippen LogP contribution in [0.4, 0.5) is 4.39 Å². The molecule has 0 saturated carbocycles. The summed E-state index contributed by atoms with van der Waals surface area (Å²) < 4.78 is 12.9. The molecule has 0 aliphatic heterocycles. The van der Waals surface area contributed by atoms with E-state index in [0.29, 0.717) is 10.9 Å². The average molecular weight is 203 g/mol. The number of amides is 1. The van der Waals surface area contributed by atoms with Crippen molar-refractivity contribution >= 4 is 16.8 Å². The number of nitrogens with two attached hydrogens (primary N) is 1. The van der Waals surface area contributed by atoms with Crippen LogP contribution in [0.3, 0.4) is 0 Å². The zero-order valence-corrected chi connectivity index (χ0v) is 7.54. The largest absolute Gasteiger partial charge is 0.364 e. The Morgan fingerprint density at radius 2 is 2.27 bits per heavy atom. The predicted octanol–water partition coefficient (Wildman–Crippen LogP) is 1.28. The van der Waals surface area contributed by atoms with Crippen LogP contribution >= 0.6 is 0 Å². The van der Waals surface area contributed by atoms with E-state index in [1.165, 1.54) is 18.2 Å². The highest BCUT2D eigenvalue weighted by molar-refractivity contribution is 6.01. The number of H-pyrrole nitrogens is 1. The van der Waals surface area contributed by atoms with Gasteiger partial charge in [0.2, 0.25) is 0 Å². The van der Waals surface area contributed by atoms with Crippen LogP contribution in [0.5, 0.6) is 0 Å². The summed E-state index contributed by atoms with van der Waals surface area (Å²) in [7, 11) is 0. The Kier molecular flexibility index (Phi) is 1.90. The van der Waals surface area contributed by atoms with E-state index in [4.69, 9.17) is 11.0 Å². The first-order valence-corrected chi connectivity index (χ1v) is 4.14. The van der Waals surface area contributed by atoms with E-state index in [1.807, 2.05) is 6.07 Å². The van der Waals surface area contributed by atoms with Crippen molar-refractivity contribution < 1.29 is 9.18 Å². The molecule has 0 spiro atoms. The smallest absolute Gasteiger partial charge is 0.266 e. The number of aromatic amines is 1. The minimum atomic E-state index is -0.733. The van der Waals surface area contributed by atoms with E-state index in [0.717, 1.165) is 0 Å². The minimum Gasteiger partial charge on any atom is -0.364 e. The molecule has 1 aromatic carbocycles. The number of carbonyl (C=O) groups excluding carboxylic acids is 1. The van der Waals surface area contributed by atoms with Gasteiger partial charge in [0.05, 0.1) is 5.56 Å². The maximum Gasteiger partial charge on any atom is 0.266 e. The predicted molar refractivity (Wildman–Crippen MR) is 51.5 cm³/mol. The lowest BCUT2D eigenvalue weighted by atomic mass is 10.1. The lowest BCUT2D eigenvalue weighted by Crippen LogP contribution is -2.12. The van der Waals surface area contributed by atoms with Gasteiger partial charge in [0.25, 0.3) is 5.91 Å². The molecule has 0 fully saturated rings. The van der Waals surface area contributed by atoms with Gasteiger partial charge in [0, 0.05) is 10.9 Å². The van der Waals surface area contributed by atoms with Crippen LogP contribution in [0.15, 0.2) is 18.2 Å². The summed E-state index contributed by atoms with van der Waals surface area (Å²) in [5.41, 5.74) is 5.69. The molecule has 1 heterocycles. The van der Waals surface area contributed by atoms with Crippen LogP contribution < -0.4 is 5.73 Å². The van der Waals surface area contributed by atoms with Gasteiger partial charge in [-0.3, -0.25) is 4.79 Å². The van der Waals surface area contributed by atoms with Crippen molar-refractivity contribution in [2.75, 3.05) is 0 Å². The average Bonchev–Trinajstić information content (AvgIpc) is 2.55. The van der Waals surface area contributed by atoms with Crippen molar-refractivity contribution in [1.82, 2.24) is 4.98 Å². The van der Waals surface area contributed by atoms with Gasteiger partial charge >= 0.3 is 0 Å². The molecule has 2 rings (SSSR count). The van der Waals surface area contributed by atoms with Gasteiger partial charge in [-0.05, 0) is 18.2 Å². The molecule has 1 amide bonds. The summed E-state index contributed by atoms with van der Waals surface area (Å²) >= 11 is 0. The van der Waals surface area contributed by atoms with Crippen LogP contribution in [0.1, 0.15) is 16.1 Å². The lowest BCUT2D eigenvalue weighted by molar-refractivity contribution is 0.0996. The molecule has 0 unspecified atom stereocenters. The Hall–Kier alpha value is -2.35. The number of hydrogen-bond acceptors (Lipinski definition) is 2. The third kappa shape index (κ3) is 1.32. The Morgan fingerprint density at radius 3 is 2.87 bits per heavy atom. The molecule has 4 nitrogen and oxygen atoms in total. The van der Waals surface area contributed by atoms with Gasteiger partial charge in [0.15, 0.2) is 0 Å². The monoisotopic (exact) mass is 203 g/mol. The van der Waals surface area contributed by atoms with Crippen LogP contribution in [0.2, 0.25) is 0 Å². The topological polar surface area (TPSA) is 82.7 Å². The maximum absolute atomic E-state index is 12.9. The lowest BCUT2D eigenvalue weighted by Gasteiger charge is -1.89. The van der Waals surface area contributed by atoms with Crippen LogP contribution in [0, 0.1) is 17.1 Å². The van der Waals surface area contributed by atoms with Gasteiger partial charge in [-0.2, -0.15) is 5.26 Å². The number of rotatable bonds is 1. The van der Waals surface area contributed by atoms with Crippen molar-refractivity contribution in [3.05, 3.63) is 35.3 Å². The Bertz CT molecular complexity index is 594.